The van der Waals surface area contributed by atoms with Crippen molar-refractivity contribution in [1.29, 1.82) is 0 Å². The third-order valence-electron chi connectivity index (χ3n) is 5.07. The number of hydrogen-bond donors (Lipinski definition) is 2. The molecule has 2 aromatic carbocycles. The van der Waals surface area contributed by atoms with Crippen molar-refractivity contribution in [2.75, 3.05) is 7.11 Å². The van der Waals surface area contributed by atoms with Gasteiger partial charge < -0.3 is 20.1 Å². The van der Waals surface area contributed by atoms with Crippen LogP contribution in [0.5, 0.6) is 5.75 Å². The van der Waals surface area contributed by atoms with Crippen LogP contribution in [-0.2, 0) is 16.1 Å². The van der Waals surface area contributed by atoms with Gasteiger partial charge in [-0.15, -0.1) is 0 Å². The summed E-state index contributed by atoms with van der Waals surface area (Å²) >= 11 is 0. The van der Waals surface area contributed by atoms with E-state index >= 15 is 0 Å². The third-order valence-corrected chi connectivity index (χ3v) is 5.07. The van der Waals surface area contributed by atoms with Gasteiger partial charge in [-0.1, -0.05) is 62.2 Å². The molecular formula is C24H28N2O4. The lowest BCUT2D eigenvalue weighted by molar-refractivity contribution is -0.140. The van der Waals surface area contributed by atoms with E-state index in [-0.39, 0.29) is 12.6 Å². The van der Waals surface area contributed by atoms with E-state index < -0.39 is 12.0 Å². The third kappa shape index (κ3) is 5.41. The largest absolute Gasteiger partial charge is 0.497 e. The normalized spacial score (nSPS) is 15.9. The molecule has 0 spiro atoms. The average Bonchev–Trinajstić information content (AvgIpc) is 2.78. The topological polar surface area (TPSA) is 76.7 Å². The van der Waals surface area contributed by atoms with Crippen LogP contribution in [0, 0.1) is 0 Å². The van der Waals surface area contributed by atoms with Crippen molar-refractivity contribution in [3.05, 3.63) is 77.0 Å². The van der Waals surface area contributed by atoms with Crippen LogP contribution in [-0.4, -0.2) is 19.1 Å². The van der Waals surface area contributed by atoms with E-state index in [4.69, 9.17) is 9.47 Å². The fourth-order valence-electron chi connectivity index (χ4n) is 3.45. The van der Waals surface area contributed by atoms with Crippen LogP contribution < -0.4 is 15.4 Å². The molecule has 30 heavy (non-hydrogen) atoms. The lowest BCUT2D eigenvalue weighted by Gasteiger charge is -2.29. The van der Waals surface area contributed by atoms with Crippen LogP contribution >= 0.6 is 0 Å². The molecule has 2 amide bonds. The Hall–Kier alpha value is -3.28. The summed E-state index contributed by atoms with van der Waals surface area (Å²) in [5, 5.41) is 5.70. The molecule has 0 saturated heterocycles. The number of urea groups is 1. The molecule has 1 aliphatic rings. The van der Waals surface area contributed by atoms with Crippen LogP contribution in [0.25, 0.3) is 0 Å². The predicted molar refractivity (Wildman–Crippen MR) is 115 cm³/mol. The zero-order valence-electron chi connectivity index (χ0n) is 17.4. The molecule has 1 heterocycles. The van der Waals surface area contributed by atoms with Crippen molar-refractivity contribution < 1.29 is 19.1 Å². The highest BCUT2D eigenvalue weighted by molar-refractivity contribution is 5.95. The number of methoxy groups -OCH3 is 1. The molecule has 3 rings (SSSR count). The quantitative estimate of drug-likeness (QED) is 0.469. The molecule has 0 fully saturated rings. The van der Waals surface area contributed by atoms with Crippen molar-refractivity contribution in [2.45, 2.75) is 45.3 Å². The molecule has 6 nitrogen and oxygen atoms in total. The number of unbranched alkanes of at least 4 members (excludes halogenated alkanes) is 2. The Morgan fingerprint density at radius 2 is 1.77 bits per heavy atom. The standard InChI is InChI=1S/C24H28N2O4/c1-3-4-6-11-20-21(22(26-24(28)25-20)18-9-7-5-8-10-18)23(27)30-16-17-12-14-19(29-2)15-13-17/h5,7-10,12-15,22H,3-4,6,11,16H2,1-2H3,(H2,25,26,28). The predicted octanol–water partition coefficient (Wildman–Crippen LogP) is 4.63. The Morgan fingerprint density at radius 1 is 1.03 bits per heavy atom. The van der Waals surface area contributed by atoms with E-state index in [1.54, 1.807) is 7.11 Å². The Morgan fingerprint density at radius 3 is 2.43 bits per heavy atom. The summed E-state index contributed by atoms with van der Waals surface area (Å²) in [6.45, 7) is 2.26. The molecule has 6 heteroatoms. The Bertz CT molecular complexity index is 891. The molecule has 0 radical (unpaired) electrons. The average molecular weight is 408 g/mol. The second-order valence-corrected chi connectivity index (χ2v) is 7.22. The number of esters is 1. The first-order valence-corrected chi connectivity index (χ1v) is 10.3. The van der Waals surface area contributed by atoms with Crippen molar-refractivity contribution >= 4 is 12.0 Å². The van der Waals surface area contributed by atoms with Crippen LogP contribution in [0.3, 0.4) is 0 Å². The second kappa shape index (κ2) is 10.5. The van der Waals surface area contributed by atoms with Gasteiger partial charge in [0.2, 0.25) is 0 Å². The number of hydrogen-bond acceptors (Lipinski definition) is 4. The highest BCUT2D eigenvalue weighted by atomic mass is 16.5. The van der Waals surface area contributed by atoms with Gasteiger partial charge in [0.15, 0.2) is 0 Å². The van der Waals surface area contributed by atoms with Gasteiger partial charge in [-0.3, -0.25) is 0 Å². The molecule has 1 atom stereocenters. The van der Waals surface area contributed by atoms with Gasteiger partial charge in [0, 0.05) is 5.70 Å². The van der Waals surface area contributed by atoms with Gasteiger partial charge in [-0.05, 0) is 36.1 Å². The highest BCUT2D eigenvalue weighted by Crippen LogP contribution is 2.30. The maximum absolute atomic E-state index is 13.1. The van der Waals surface area contributed by atoms with E-state index in [0.29, 0.717) is 17.7 Å². The minimum Gasteiger partial charge on any atom is -0.497 e. The van der Waals surface area contributed by atoms with Gasteiger partial charge in [0.05, 0.1) is 18.7 Å². The number of carbonyl (C=O) groups excluding carboxylic acids is 2. The minimum atomic E-state index is -0.542. The fourth-order valence-corrected chi connectivity index (χ4v) is 3.45. The first-order valence-electron chi connectivity index (χ1n) is 10.3. The highest BCUT2D eigenvalue weighted by Gasteiger charge is 2.33. The van der Waals surface area contributed by atoms with Gasteiger partial charge in [0.1, 0.15) is 12.4 Å². The van der Waals surface area contributed by atoms with Crippen LogP contribution in [0.4, 0.5) is 4.79 Å². The fraction of sp³-hybridized carbons (Fsp3) is 0.333. The first-order chi connectivity index (χ1) is 14.6. The van der Waals surface area contributed by atoms with Crippen LogP contribution in [0.15, 0.2) is 65.9 Å². The van der Waals surface area contributed by atoms with E-state index in [1.807, 2.05) is 54.6 Å². The summed E-state index contributed by atoms with van der Waals surface area (Å²) in [4.78, 5) is 25.4. The van der Waals surface area contributed by atoms with E-state index in [1.165, 1.54) is 0 Å². The summed E-state index contributed by atoms with van der Waals surface area (Å²) < 4.78 is 10.8. The number of rotatable bonds is 9. The first kappa shape index (κ1) is 21.4. The zero-order valence-corrected chi connectivity index (χ0v) is 17.4. The maximum atomic E-state index is 13.1. The molecule has 2 N–H and O–H groups in total. The van der Waals surface area contributed by atoms with Crippen LogP contribution in [0.1, 0.15) is 49.8 Å². The summed E-state index contributed by atoms with van der Waals surface area (Å²) in [5.74, 6) is 0.313. The molecule has 0 aromatic heterocycles. The lowest BCUT2D eigenvalue weighted by Crippen LogP contribution is -2.46. The lowest BCUT2D eigenvalue weighted by atomic mass is 9.93. The van der Waals surface area contributed by atoms with Gasteiger partial charge in [0.25, 0.3) is 0 Å². The number of ether oxygens (including phenoxy) is 2. The molecule has 0 aliphatic carbocycles. The Kier molecular flexibility index (Phi) is 7.49. The summed E-state index contributed by atoms with van der Waals surface area (Å²) in [5.41, 5.74) is 2.81. The monoisotopic (exact) mass is 408 g/mol. The zero-order chi connectivity index (χ0) is 21.3. The van der Waals surface area contributed by atoms with Crippen molar-refractivity contribution in [3.63, 3.8) is 0 Å². The van der Waals surface area contributed by atoms with E-state index in [2.05, 4.69) is 17.6 Å². The number of nitrogens with one attached hydrogen (secondary N) is 2. The van der Waals surface area contributed by atoms with Gasteiger partial charge in [-0.2, -0.15) is 0 Å². The Balaban J connectivity index is 1.84. The number of carbonyl (C=O) groups is 2. The van der Waals surface area contributed by atoms with Crippen molar-refractivity contribution in [2.24, 2.45) is 0 Å². The summed E-state index contributed by atoms with van der Waals surface area (Å²) in [6.07, 6.45) is 3.59. The number of benzene rings is 2. The smallest absolute Gasteiger partial charge is 0.338 e. The van der Waals surface area contributed by atoms with Crippen molar-refractivity contribution in [3.8, 4) is 5.75 Å². The van der Waals surface area contributed by atoms with E-state index in [0.717, 1.165) is 36.1 Å². The minimum absolute atomic E-state index is 0.143. The Labute approximate surface area is 177 Å². The number of amides is 2. The molecule has 158 valence electrons. The number of allylic oxidation sites excluding steroid dienone is 1. The van der Waals surface area contributed by atoms with E-state index in [9.17, 15) is 9.59 Å². The summed E-state index contributed by atoms with van der Waals surface area (Å²) in [6, 6.07) is 16.0. The molecule has 2 aromatic rings. The maximum Gasteiger partial charge on any atom is 0.338 e. The molecule has 0 bridgehead atoms. The molecular weight excluding hydrogens is 380 g/mol. The second-order valence-electron chi connectivity index (χ2n) is 7.22. The SMILES string of the molecule is CCCCCC1=C(C(=O)OCc2ccc(OC)cc2)C(c2ccccc2)NC(=O)N1. The van der Waals surface area contributed by atoms with Gasteiger partial charge in [-0.25, -0.2) is 9.59 Å². The van der Waals surface area contributed by atoms with Gasteiger partial charge >= 0.3 is 12.0 Å². The molecule has 1 aliphatic heterocycles. The van der Waals surface area contributed by atoms with Crippen molar-refractivity contribution in [1.82, 2.24) is 10.6 Å². The molecule has 1 unspecified atom stereocenters. The molecule has 0 saturated carbocycles. The van der Waals surface area contributed by atoms with Crippen LogP contribution in [0.2, 0.25) is 0 Å². The summed E-state index contributed by atoms with van der Waals surface area (Å²) in [7, 11) is 1.61.